The van der Waals surface area contributed by atoms with Gasteiger partial charge >= 0.3 is 6.03 Å². The highest BCUT2D eigenvalue weighted by Crippen LogP contribution is 2.22. The van der Waals surface area contributed by atoms with Gasteiger partial charge in [-0.3, -0.25) is 10.1 Å². The lowest BCUT2D eigenvalue weighted by atomic mass is 10.1. The fourth-order valence-corrected chi connectivity index (χ4v) is 5.15. The number of aromatic nitrogens is 2. The van der Waals surface area contributed by atoms with Crippen LogP contribution in [0.4, 0.5) is 22.1 Å². The molecule has 0 atom stereocenters. The van der Waals surface area contributed by atoms with E-state index in [2.05, 4.69) is 25.7 Å². The van der Waals surface area contributed by atoms with Gasteiger partial charge in [0.15, 0.2) is 11.6 Å². The molecule has 0 aliphatic carbocycles. The minimum Gasteiger partial charge on any atom is -0.388 e. The highest BCUT2D eigenvalue weighted by atomic mass is 32.2. The average Bonchev–Trinajstić information content (AvgIpc) is 3.40. The maximum atomic E-state index is 12.4. The van der Waals surface area contributed by atoms with Crippen molar-refractivity contribution in [1.29, 1.82) is 0 Å². The third kappa shape index (κ3) is 4.99. The van der Waals surface area contributed by atoms with E-state index in [9.17, 15) is 18.0 Å². The molecule has 0 radical (unpaired) electrons. The van der Waals surface area contributed by atoms with Gasteiger partial charge < -0.3 is 5.32 Å². The Morgan fingerprint density at radius 2 is 1.85 bits per heavy atom. The molecule has 3 N–H and O–H groups in total. The second kappa shape index (κ2) is 8.96. The van der Waals surface area contributed by atoms with E-state index in [1.54, 1.807) is 13.0 Å². The molecule has 0 saturated heterocycles. The van der Waals surface area contributed by atoms with Crippen molar-refractivity contribution >= 4 is 56.3 Å². The van der Waals surface area contributed by atoms with E-state index in [1.165, 1.54) is 18.5 Å². The maximum Gasteiger partial charge on any atom is 0.334 e. The average molecular weight is 486 g/mol. The molecular weight excluding hydrogens is 466 g/mol. The third-order valence-electron chi connectivity index (χ3n) is 4.59. The number of rotatable bonds is 6. The molecule has 13 heteroatoms. The van der Waals surface area contributed by atoms with Crippen LogP contribution in [0.5, 0.6) is 0 Å². The van der Waals surface area contributed by atoms with Crippen LogP contribution in [-0.2, 0) is 14.8 Å². The molecule has 0 saturated carbocycles. The van der Waals surface area contributed by atoms with E-state index in [0.717, 1.165) is 32.5 Å². The van der Waals surface area contributed by atoms with E-state index >= 15 is 0 Å². The Bertz CT molecular complexity index is 1330. The molecular formula is C20H19N7O4S2. The molecule has 3 aromatic rings. The van der Waals surface area contributed by atoms with Crippen molar-refractivity contribution in [3.63, 3.8) is 0 Å². The SMILES string of the molecule is CNc1ccc(C2=NN(c3cnc(NC(=O)NS(=O)(=O)c4ccc(C)s4)cn3)C(=O)C2)cc1. The highest BCUT2D eigenvalue weighted by molar-refractivity contribution is 7.92. The molecule has 2 aromatic heterocycles. The Hall–Kier alpha value is -3.84. The zero-order valence-corrected chi connectivity index (χ0v) is 19.2. The second-order valence-corrected chi connectivity index (χ2v) is 10.1. The first kappa shape index (κ1) is 22.4. The number of aryl methyl sites for hydroxylation is 1. The van der Waals surface area contributed by atoms with Crippen molar-refractivity contribution in [1.82, 2.24) is 14.7 Å². The highest BCUT2D eigenvalue weighted by Gasteiger charge is 2.27. The van der Waals surface area contributed by atoms with Crippen LogP contribution in [0.15, 0.2) is 58.1 Å². The van der Waals surface area contributed by atoms with Crippen molar-refractivity contribution in [3.05, 3.63) is 59.2 Å². The van der Waals surface area contributed by atoms with Crippen LogP contribution in [0.25, 0.3) is 0 Å². The Kier molecular flexibility index (Phi) is 6.07. The quantitative estimate of drug-likeness (QED) is 0.486. The predicted octanol–water partition coefficient (Wildman–Crippen LogP) is 2.54. The molecule has 3 heterocycles. The summed E-state index contributed by atoms with van der Waals surface area (Å²) < 4.78 is 26.4. The third-order valence-corrected chi connectivity index (χ3v) is 7.41. The summed E-state index contributed by atoms with van der Waals surface area (Å²) in [6.07, 6.45) is 2.59. The first-order chi connectivity index (χ1) is 15.7. The van der Waals surface area contributed by atoms with Crippen LogP contribution in [0.3, 0.4) is 0 Å². The van der Waals surface area contributed by atoms with E-state index < -0.39 is 16.1 Å². The minimum absolute atomic E-state index is 0.00677. The molecule has 1 aliphatic rings. The first-order valence-electron chi connectivity index (χ1n) is 9.66. The summed E-state index contributed by atoms with van der Waals surface area (Å²) in [6.45, 7) is 1.76. The second-order valence-electron chi connectivity index (χ2n) is 6.94. The fraction of sp³-hybridized carbons (Fsp3) is 0.150. The van der Waals surface area contributed by atoms with Crippen LogP contribution in [-0.4, -0.2) is 43.1 Å². The maximum absolute atomic E-state index is 12.4. The predicted molar refractivity (Wildman–Crippen MR) is 125 cm³/mol. The zero-order valence-electron chi connectivity index (χ0n) is 17.6. The van der Waals surface area contributed by atoms with Crippen LogP contribution in [0.2, 0.25) is 0 Å². The molecule has 1 aromatic carbocycles. The van der Waals surface area contributed by atoms with Gasteiger partial charge in [0, 0.05) is 17.6 Å². The van der Waals surface area contributed by atoms with Gasteiger partial charge in [0.2, 0.25) is 0 Å². The fourth-order valence-electron chi connectivity index (χ4n) is 2.96. The van der Waals surface area contributed by atoms with Crippen LogP contribution >= 0.6 is 11.3 Å². The molecule has 11 nitrogen and oxygen atoms in total. The number of carbonyl (C=O) groups excluding carboxylic acids is 2. The summed E-state index contributed by atoms with van der Waals surface area (Å²) in [5.74, 6) is -0.0884. The van der Waals surface area contributed by atoms with E-state index in [-0.39, 0.29) is 28.2 Å². The molecule has 0 bridgehead atoms. The summed E-state index contributed by atoms with van der Waals surface area (Å²) in [5, 5.41) is 10.8. The number of nitrogens with zero attached hydrogens (tertiary/aromatic N) is 4. The minimum atomic E-state index is -3.99. The number of sulfonamides is 1. The summed E-state index contributed by atoms with van der Waals surface area (Å²) >= 11 is 1.05. The molecule has 3 amide bonds. The lowest BCUT2D eigenvalue weighted by Crippen LogP contribution is -2.34. The van der Waals surface area contributed by atoms with Crippen LogP contribution in [0.1, 0.15) is 16.9 Å². The van der Waals surface area contributed by atoms with Crippen molar-refractivity contribution in [3.8, 4) is 0 Å². The van der Waals surface area contributed by atoms with Gasteiger partial charge in [-0.05, 0) is 36.8 Å². The number of hydrogen-bond donors (Lipinski definition) is 3. The number of benzene rings is 1. The van der Waals surface area contributed by atoms with Gasteiger partial charge in [-0.15, -0.1) is 11.3 Å². The molecule has 0 spiro atoms. The molecule has 4 rings (SSSR count). The molecule has 33 heavy (non-hydrogen) atoms. The number of nitrogens with one attached hydrogen (secondary N) is 3. The number of hydrazone groups is 1. The molecule has 170 valence electrons. The lowest BCUT2D eigenvalue weighted by molar-refractivity contribution is -0.116. The van der Waals surface area contributed by atoms with E-state index in [4.69, 9.17) is 0 Å². The van der Waals surface area contributed by atoms with Gasteiger partial charge in [0.25, 0.3) is 15.9 Å². The van der Waals surface area contributed by atoms with Crippen molar-refractivity contribution in [2.45, 2.75) is 17.6 Å². The van der Waals surface area contributed by atoms with Crippen molar-refractivity contribution < 1.29 is 18.0 Å². The van der Waals surface area contributed by atoms with Gasteiger partial charge in [-0.1, -0.05) is 12.1 Å². The zero-order chi connectivity index (χ0) is 23.6. The summed E-state index contributed by atoms with van der Waals surface area (Å²) in [4.78, 5) is 33.5. The smallest absolute Gasteiger partial charge is 0.334 e. The Morgan fingerprint density at radius 1 is 1.09 bits per heavy atom. The van der Waals surface area contributed by atoms with Gasteiger partial charge in [-0.25, -0.2) is 27.9 Å². The number of anilines is 3. The standard InChI is InChI=1S/C20H19N7O4S2/c1-12-3-8-19(32-12)33(30,31)26-20(29)24-16-10-23-17(11-22-16)27-18(28)9-15(25-27)13-4-6-14(21-2)7-5-13/h3-8,10-11,21H,9H2,1-2H3,(H2,22,24,26,29). The molecule has 0 unspecified atom stereocenters. The Balaban J connectivity index is 1.42. The Labute approximate surface area is 193 Å². The van der Waals surface area contributed by atoms with Crippen LogP contribution < -0.4 is 20.4 Å². The lowest BCUT2D eigenvalue weighted by Gasteiger charge is -2.11. The summed E-state index contributed by atoms with van der Waals surface area (Å²) in [5.41, 5.74) is 2.35. The van der Waals surface area contributed by atoms with Gasteiger partial charge in [-0.2, -0.15) is 10.1 Å². The largest absolute Gasteiger partial charge is 0.388 e. The summed E-state index contributed by atoms with van der Waals surface area (Å²) in [7, 11) is -2.17. The van der Waals surface area contributed by atoms with E-state index in [1.807, 2.05) is 36.0 Å². The molecule has 0 fully saturated rings. The first-order valence-corrected chi connectivity index (χ1v) is 12.0. The van der Waals surface area contributed by atoms with Crippen molar-refractivity contribution in [2.24, 2.45) is 5.10 Å². The number of amides is 3. The normalized spacial score (nSPS) is 13.6. The van der Waals surface area contributed by atoms with Gasteiger partial charge in [0.05, 0.1) is 24.5 Å². The van der Waals surface area contributed by atoms with E-state index in [0.29, 0.717) is 5.71 Å². The summed E-state index contributed by atoms with van der Waals surface area (Å²) in [6, 6.07) is 9.58. The van der Waals surface area contributed by atoms with Gasteiger partial charge in [0.1, 0.15) is 4.21 Å². The van der Waals surface area contributed by atoms with Crippen molar-refractivity contribution in [2.75, 3.05) is 22.7 Å². The number of hydrogen-bond acceptors (Lipinski definition) is 9. The van der Waals surface area contributed by atoms with Crippen LogP contribution in [0, 0.1) is 6.92 Å². The number of urea groups is 1. The topological polar surface area (TPSA) is 146 Å². The monoisotopic (exact) mass is 485 g/mol. The number of carbonyl (C=O) groups is 2. The number of thiophene rings is 1. The Morgan fingerprint density at radius 3 is 2.45 bits per heavy atom. The molecule has 1 aliphatic heterocycles.